The van der Waals surface area contributed by atoms with Gasteiger partial charge in [-0.15, -0.1) is 0 Å². The first kappa shape index (κ1) is 15.1. The fourth-order valence-corrected chi connectivity index (χ4v) is 3.98. The third-order valence-electron chi connectivity index (χ3n) is 4.57. The first-order valence-electron chi connectivity index (χ1n) is 7.92. The second-order valence-electron chi connectivity index (χ2n) is 5.86. The lowest BCUT2D eigenvalue weighted by Crippen LogP contribution is -2.12. The summed E-state index contributed by atoms with van der Waals surface area (Å²) in [6.45, 7) is 4.48. The summed E-state index contributed by atoms with van der Waals surface area (Å²) in [6.07, 6.45) is 12.5. The van der Waals surface area contributed by atoms with E-state index in [1.165, 1.54) is 50.6 Å². The van der Waals surface area contributed by atoms with Crippen LogP contribution in [-0.4, -0.2) is 14.6 Å². The highest BCUT2D eigenvalue weighted by atomic mass is 79.9. The smallest absolute Gasteiger partial charge is 0.0625 e. The summed E-state index contributed by atoms with van der Waals surface area (Å²) in [5.74, 6) is 0.904. The second-order valence-corrected chi connectivity index (χ2v) is 7.03. The van der Waals surface area contributed by atoms with Crippen LogP contribution in [0.5, 0.6) is 0 Å². The van der Waals surface area contributed by atoms with Gasteiger partial charge in [0, 0.05) is 11.0 Å². The molecule has 0 bridgehead atoms. The molecule has 0 N–H and O–H groups in total. The van der Waals surface area contributed by atoms with Crippen molar-refractivity contribution in [2.75, 3.05) is 0 Å². The Morgan fingerprint density at radius 2 is 2.00 bits per heavy atom. The van der Waals surface area contributed by atoms with Crippen LogP contribution in [0.3, 0.4) is 0 Å². The SMILES string of the molecule is CCC(CC)n1ccc(CCC(Br)C2CCCC2)n1. The van der Waals surface area contributed by atoms with Crippen LogP contribution in [-0.2, 0) is 6.42 Å². The zero-order chi connectivity index (χ0) is 13.7. The molecular weight excluding hydrogens is 300 g/mol. The van der Waals surface area contributed by atoms with Crippen molar-refractivity contribution in [2.24, 2.45) is 5.92 Å². The monoisotopic (exact) mass is 326 g/mol. The van der Waals surface area contributed by atoms with Gasteiger partial charge in [-0.1, -0.05) is 42.6 Å². The molecule has 1 aromatic heterocycles. The Morgan fingerprint density at radius 1 is 1.32 bits per heavy atom. The highest BCUT2D eigenvalue weighted by molar-refractivity contribution is 9.09. The highest BCUT2D eigenvalue weighted by Crippen LogP contribution is 2.33. The van der Waals surface area contributed by atoms with Crippen LogP contribution >= 0.6 is 15.9 Å². The van der Waals surface area contributed by atoms with Crippen LogP contribution in [0, 0.1) is 5.92 Å². The molecule has 2 nitrogen and oxygen atoms in total. The average molecular weight is 327 g/mol. The van der Waals surface area contributed by atoms with Gasteiger partial charge in [0.05, 0.1) is 11.7 Å². The normalized spacial score (nSPS) is 18.3. The summed E-state index contributed by atoms with van der Waals surface area (Å²) in [4.78, 5) is 0.688. The number of hydrogen-bond donors (Lipinski definition) is 0. The van der Waals surface area contributed by atoms with E-state index in [0.29, 0.717) is 10.9 Å². The van der Waals surface area contributed by atoms with Gasteiger partial charge >= 0.3 is 0 Å². The van der Waals surface area contributed by atoms with Gasteiger partial charge in [-0.3, -0.25) is 4.68 Å². The second kappa shape index (κ2) is 7.47. The van der Waals surface area contributed by atoms with Crippen molar-refractivity contribution in [3.8, 4) is 0 Å². The minimum absolute atomic E-state index is 0.573. The number of aryl methyl sites for hydroxylation is 1. The van der Waals surface area contributed by atoms with Gasteiger partial charge in [-0.2, -0.15) is 5.10 Å². The molecule has 0 saturated heterocycles. The Balaban J connectivity index is 1.82. The van der Waals surface area contributed by atoms with Crippen molar-refractivity contribution in [3.63, 3.8) is 0 Å². The van der Waals surface area contributed by atoms with Crippen LogP contribution < -0.4 is 0 Å². The van der Waals surface area contributed by atoms with Gasteiger partial charge < -0.3 is 0 Å². The van der Waals surface area contributed by atoms with E-state index in [2.05, 4.69) is 46.7 Å². The topological polar surface area (TPSA) is 17.8 Å². The van der Waals surface area contributed by atoms with Crippen molar-refractivity contribution in [1.29, 1.82) is 0 Å². The molecule has 0 spiro atoms. The Bertz CT molecular complexity index is 365. The minimum Gasteiger partial charge on any atom is -0.269 e. The zero-order valence-corrected chi connectivity index (χ0v) is 13.9. The van der Waals surface area contributed by atoms with E-state index < -0.39 is 0 Å². The van der Waals surface area contributed by atoms with E-state index in [-0.39, 0.29) is 0 Å². The number of aromatic nitrogens is 2. The van der Waals surface area contributed by atoms with E-state index in [4.69, 9.17) is 5.10 Å². The molecule has 1 fully saturated rings. The highest BCUT2D eigenvalue weighted by Gasteiger charge is 2.22. The lowest BCUT2D eigenvalue weighted by Gasteiger charge is -2.16. The van der Waals surface area contributed by atoms with Gasteiger partial charge in [0.25, 0.3) is 0 Å². The Hall–Kier alpha value is -0.310. The van der Waals surface area contributed by atoms with E-state index in [0.717, 1.165) is 12.3 Å². The van der Waals surface area contributed by atoms with E-state index in [9.17, 15) is 0 Å². The molecule has 2 rings (SSSR count). The van der Waals surface area contributed by atoms with Crippen molar-refractivity contribution >= 4 is 15.9 Å². The third kappa shape index (κ3) is 4.08. The summed E-state index contributed by atoms with van der Waals surface area (Å²) in [7, 11) is 0. The molecule has 1 unspecified atom stereocenters. The minimum atomic E-state index is 0.573. The number of alkyl halides is 1. The summed E-state index contributed by atoms with van der Waals surface area (Å²) >= 11 is 3.89. The fourth-order valence-electron chi connectivity index (χ4n) is 3.22. The van der Waals surface area contributed by atoms with Crippen LogP contribution in [0.2, 0.25) is 0 Å². The molecule has 3 heteroatoms. The van der Waals surface area contributed by atoms with E-state index in [1.54, 1.807) is 0 Å². The first-order valence-corrected chi connectivity index (χ1v) is 8.84. The molecule has 1 aliphatic rings. The molecule has 0 aliphatic heterocycles. The lowest BCUT2D eigenvalue weighted by atomic mass is 10.00. The lowest BCUT2D eigenvalue weighted by molar-refractivity contribution is 0.424. The molecule has 0 aromatic carbocycles. The molecule has 1 aromatic rings. The molecule has 1 saturated carbocycles. The Labute approximate surface area is 126 Å². The summed E-state index contributed by atoms with van der Waals surface area (Å²) in [6, 6.07) is 2.77. The van der Waals surface area contributed by atoms with Gasteiger partial charge in [-0.25, -0.2) is 0 Å². The maximum Gasteiger partial charge on any atom is 0.0625 e. The van der Waals surface area contributed by atoms with Gasteiger partial charge in [0.1, 0.15) is 0 Å². The Morgan fingerprint density at radius 3 is 2.63 bits per heavy atom. The van der Waals surface area contributed by atoms with E-state index in [1.807, 2.05) is 0 Å². The van der Waals surface area contributed by atoms with Crippen LogP contribution in [0.25, 0.3) is 0 Å². The number of halogens is 1. The standard InChI is InChI=1S/C16H27BrN2/c1-3-15(4-2)19-12-11-14(18-19)9-10-16(17)13-7-5-6-8-13/h11-13,15-16H,3-10H2,1-2H3. The molecule has 19 heavy (non-hydrogen) atoms. The predicted octanol–water partition coefficient (Wildman–Crippen LogP) is 5.13. The number of nitrogens with zero attached hydrogens (tertiary/aromatic N) is 2. The maximum absolute atomic E-state index is 4.75. The summed E-state index contributed by atoms with van der Waals surface area (Å²) in [5, 5.41) is 4.75. The van der Waals surface area contributed by atoms with Crippen LogP contribution in [0.1, 0.15) is 70.5 Å². The van der Waals surface area contributed by atoms with Crippen molar-refractivity contribution < 1.29 is 0 Å². The first-order chi connectivity index (χ1) is 9.24. The van der Waals surface area contributed by atoms with Gasteiger partial charge in [-0.05, 0) is 50.5 Å². The number of rotatable bonds is 7. The molecule has 1 atom stereocenters. The Kier molecular flexibility index (Phi) is 5.93. The summed E-state index contributed by atoms with van der Waals surface area (Å²) < 4.78 is 2.16. The fraction of sp³-hybridized carbons (Fsp3) is 0.812. The van der Waals surface area contributed by atoms with Gasteiger partial charge in [0.15, 0.2) is 0 Å². The molecular formula is C16H27BrN2. The van der Waals surface area contributed by atoms with Crippen molar-refractivity contribution in [3.05, 3.63) is 18.0 Å². The predicted molar refractivity (Wildman–Crippen MR) is 84.8 cm³/mol. The molecule has 1 heterocycles. The molecule has 1 aliphatic carbocycles. The van der Waals surface area contributed by atoms with Crippen LogP contribution in [0.15, 0.2) is 12.3 Å². The van der Waals surface area contributed by atoms with Crippen molar-refractivity contribution in [2.45, 2.75) is 76.1 Å². The number of hydrogen-bond acceptors (Lipinski definition) is 1. The summed E-state index contributed by atoms with van der Waals surface area (Å²) in [5.41, 5.74) is 1.26. The average Bonchev–Trinajstić information content (AvgIpc) is 3.09. The zero-order valence-electron chi connectivity index (χ0n) is 12.3. The van der Waals surface area contributed by atoms with E-state index >= 15 is 0 Å². The maximum atomic E-state index is 4.75. The largest absolute Gasteiger partial charge is 0.269 e. The quantitative estimate of drug-likeness (QED) is 0.635. The van der Waals surface area contributed by atoms with Gasteiger partial charge in [0.2, 0.25) is 0 Å². The molecule has 0 amide bonds. The molecule has 0 radical (unpaired) electrons. The van der Waals surface area contributed by atoms with Crippen molar-refractivity contribution in [1.82, 2.24) is 9.78 Å². The van der Waals surface area contributed by atoms with Crippen LogP contribution in [0.4, 0.5) is 0 Å². The molecule has 108 valence electrons. The third-order valence-corrected chi connectivity index (χ3v) is 5.77.